The number of aromatic nitrogens is 2. The maximum atomic E-state index is 12.9. The third-order valence-electron chi connectivity index (χ3n) is 5.40. The van der Waals surface area contributed by atoms with Crippen LogP contribution in [0.25, 0.3) is 0 Å². The van der Waals surface area contributed by atoms with E-state index in [0.29, 0.717) is 40.3 Å². The average Bonchev–Trinajstić information content (AvgIpc) is 3.38. The van der Waals surface area contributed by atoms with E-state index in [1.807, 2.05) is 28.5 Å². The van der Waals surface area contributed by atoms with E-state index in [1.165, 1.54) is 17.4 Å². The minimum absolute atomic E-state index is 0.0126. The second-order valence-electron chi connectivity index (χ2n) is 7.69. The van der Waals surface area contributed by atoms with Gasteiger partial charge in [-0.2, -0.15) is 4.68 Å². The van der Waals surface area contributed by atoms with Crippen molar-refractivity contribution in [2.75, 3.05) is 26.2 Å². The molecule has 1 aliphatic heterocycles. The normalized spacial score (nSPS) is 14.7. The third kappa shape index (κ3) is 5.12. The van der Waals surface area contributed by atoms with Gasteiger partial charge in [0.1, 0.15) is 0 Å². The molecule has 168 valence electrons. The minimum Gasteiger partial charge on any atom is -0.358 e. The molecule has 0 atom stereocenters. The van der Waals surface area contributed by atoms with Gasteiger partial charge in [0.05, 0.1) is 38.3 Å². The summed E-state index contributed by atoms with van der Waals surface area (Å²) in [5.74, 6) is -0.161. The SMILES string of the molecule is Cc1cc([N+](=O)[O-])nn1Cc1csc(C(=O)N2CCN(Cc3ccc(Cl)c(Cl)c3)CC2)c1. The van der Waals surface area contributed by atoms with Gasteiger partial charge in [-0.05, 0) is 46.6 Å². The monoisotopic (exact) mass is 493 g/mol. The van der Waals surface area contributed by atoms with Gasteiger partial charge in [0, 0.05) is 32.7 Å². The highest BCUT2D eigenvalue weighted by molar-refractivity contribution is 7.12. The lowest BCUT2D eigenvalue weighted by molar-refractivity contribution is -0.389. The van der Waals surface area contributed by atoms with E-state index in [-0.39, 0.29) is 11.7 Å². The Kier molecular flexibility index (Phi) is 6.80. The number of halogens is 2. The van der Waals surface area contributed by atoms with E-state index in [2.05, 4.69) is 10.00 Å². The Labute approximate surface area is 199 Å². The number of carbonyl (C=O) groups is 1. The van der Waals surface area contributed by atoms with Crippen LogP contribution in [-0.4, -0.2) is 56.6 Å². The molecule has 11 heteroatoms. The highest BCUT2D eigenvalue weighted by atomic mass is 35.5. The zero-order valence-electron chi connectivity index (χ0n) is 17.3. The Morgan fingerprint density at radius 1 is 1.09 bits per heavy atom. The zero-order chi connectivity index (χ0) is 22.8. The number of carbonyl (C=O) groups excluding carboxylic acids is 1. The van der Waals surface area contributed by atoms with Crippen LogP contribution in [0, 0.1) is 17.0 Å². The number of hydrogen-bond donors (Lipinski definition) is 0. The van der Waals surface area contributed by atoms with Gasteiger partial charge in [-0.15, -0.1) is 11.3 Å². The van der Waals surface area contributed by atoms with Crippen LogP contribution in [0.4, 0.5) is 5.82 Å². The maximum absolute atomic E-state index is 12.9. The quantitative estimate of drug-likeness (QED) is 0.373. The van der Waals surface area contributed by atoms with Crippen molar-refractivity contribution in [3.05, 3.63) is 77.6 Å². The fourth-order valence-corrected chi connectivity index (χ4v) is 4.84. The molecule has 1 aromatic carbocycles. The molecule has 1 fully saturated rings. The predicted octanol–water partition coefficient (Wildman–Crippen LogP) is 4.47. The Hall–Kier alpha value is -2.46. The molecule has 1 saturated heterocycles. The van der Waals surface area contributed by atoms with Crippen LogP contribution < -0.4 is 0 Å². The van der Waals surface area contributed by atoms with Crippen LogP contribution in [0.15, 0.2) is 35.7 Å². The molecule has 0 saturated carbocycles. The number of thiophene rings is 1. The smallest absolute Gasteiger partial charge is 0.358 e. The number of amides is 1. The Balaban J connectivity index is 1.33. The van der Waals surface area contributed by atoms with Gasteiger partial charge in [-0.1, -0.05) is 29.3 Å². The van der Waals surface area contributed by atoms with E-state index in [1.54, 1.807) is 17.7 Å². The lowest BCUT2D eigenvalue weighted by Crippen LogP contribution is -2.48. The summed E-state index contributed by atoms with van der Waals surface area (Å²) in [6.45, 7) is 5.78. The predicted molar refractivity (Wildman–Crippen MR) is 125 cm³/mol. The molecular weight excluding hydrogens is 473 g/mol. The number of hydrogen-bond acceptors (Lipinski definition) is 6. The van der Waals surface area contributed by atoms with E-state index in [4.69, 9.17) is 23.2 Å². The summed E-state index contributed by atoms with van der Waals surface area (Å²) < 4.78 is 1.58. The van der Waals surface area contributed by atoms with Crippen molar-refractivity contribution in [1.29, 1.82) is 0 Å². The molecular formula is C21H21Cl2N5O3S. The molecule has 0 bridgehead atoms. The molecule has 0 radical (unpaired) electrons. The van der Waals surface area contributed by atoms with Crippen molar-refractivity contribution < 1.29 is 9.72 Å². The largest absolute Gasteiger partial charge is 0.390 e. The van der Waals surface area contributed by atoms with Crippen molar-refractivity contribution in [3.8, 4) is 0 Å². The maximum Gasteiger partial charge on any atom is 0.390 e. The fourth-order valence-electron chi connectivity index (χ4n) is 3.65. The van der Waals surface area contributed by atoms with Gasteiger partial charge < -0.3 is 15.0 Å². The van der Waals surface area contributed by atoms with Crippen molar-refractivity contribution >= 4 is 46.3 Å². The first-order valence-electron chi connectivity index (χ1n) is 10.0. The molecule has 4 rings (SSSR count). The van der Waals surface area contributed by atoms with Crippen LogP contribution in [-0.2, 0) is 13.1 Å². The molecule has 2 aromatic heterocycles. The summed E-state index contributed by atoms with van der Waals surface area (Å²) in [6.07, 6.45) is 0. The third-order valence-corrected chi connectivity index (χ3v) is 7.11. The van der Waals surface area contributed by atoms with E-state index in [0.717, 1.165) is 30.8 Å². The number of nitrogens with zero attached hydrogens (tertiary/aromatic N) is 5. The van der Waals surface area contributed by atoms with E-state index < -0.39 is 4.92 Å². The number of benzene rings is 1. The molecule has 1 aliphatic rings. The number of rotatable bonds is 6. The van der Waals surface area contributed by atoms with Crippen LogP contribution in [0.3, 0.4) is 0 Å². The summed E-state index contributed by atoms with van der Waals surface area (Å²) in [7, 11) is 0. The van der Waals surface area contributed by atoms with E-state index >= 15 is 0 Å². The van der Waals surface area contributed by atoms with Crippen molar-refractivity contribution in [2.45, 2.75) is 20.0 Å². The molecule has 3 heterocycles. The number of nitro groups is 1. The van der Waals surface area contributed by atoms with Gasteiger partial charge in [0.15, 0.2) is 0 Å². The summed E-state index contributed by atoms with van der Waals surface area (Å²) in [5.41, 5.74) is 2.70. The van der Waals surface area contributed by atoms with Crippen molar-refractivity contribution in [2.24, 2.45) is 0 Å². The van der Waals surface area contributed by atoms with E-state index in [9.17, 15) is 14.9 Å². The van der Waals surface area contributed by atoms with Crippen molar-refractivity contribution in [1.82, 2.24) is 19.6 Å². The lowest BCUT2D eigenvalue weighted by atomic mass is 10.2. The molecule has 3 aromatic rings. The summed E-state index contributed by atoms with van der Waals surface area (Å²) in [5, 5.41) is 17.9. The first-order chi connectivity index (χ1) is 15.3. The van der Waals surface area contributed by atoms with Gasteiger partial charge in [0.25, 0.3) is 5.91 Å². The minimum atomic E-state index is -0.507. The van der Waals surface area contributed by atoms with Crippen LogP contribution in [0.2, 0.25) is 10.0 Å². The van der Waals surface area contributed by atoms with Gasteiger partial charge in [-0.3, -0.25) is 9.69 Å². The highest BCUT2D eigenvalue weighted by Gasteiger charge is 2.24. The zero-order valence-corrected chi connectivity index (χ0v) is 19.7. The highest BCUT2D eigenvalue weighted by Crippen LogP contribution is 2.24. The topological polar surface area (TPSA) is 84.5 Å². The average molecular weight is 494 g/mol. The van der Waals surface area contributed by atoms with Crippen molar-refractivity contribution in [3.63, 3.8) is 0 Å². The molecule has 0 aliphatic carbocycles. The van der Waals surface area contributed by atoms with Crippen LogP contribution in [0.5, 0.6) is 0 Å². The lowest BCUT2D eigenvalue weighted by Gasteiger charge is -2.34. The molecule has 1 amide bonds. The Morgan fingerprint density at radius 3 is 2.50 bits per heavy atom. The van der Waals surface area contributed by atoms with Gasteiger partial charge >= 0.3 is 5.82 Å². The Bertz CT molecular complexity index is 1150. The molecule has 0 spiro atoms. The number of aryl methyl sites for hydroxylation is 1. The standard InChI is InChI=1S/C21H21Cl2N5O3S/c1-14-8-20(28(30)31)24-27(14)12-16-10-19(32-13-16)21(29)26-6-4-25(5-7-26)11-15-2-3-17(22)18(23)9-15/h2-3,8-10,13H,4-7,11-12H2,1H3. The molecule has 0 unspecified atom stereocenters. The second kappa shape index (κ2) is 9.58. The van der Waals surface area contributed by atoms with Gasteiger partial charge in [-0.25, -0.2) is 0 Å². The fraction of sp³-hybridized carbons (Fsp3) is 0.333. The summed E-state index contributed by atoms with van der Waals surface area (Å²) in [4.78, 5) is 28.2. The number of piperazine rings is 1. The van der Waals surface area contributed by atoms with Crippen LogP contribution in [0.1, 0.15) is 26.5 Å². The molecule has 0 N–H and O–H groups in total. The van der Waals surface area contributed by atoms with Gasteiger partial charge in [0.2, 0.25) is 0 Å². The first kappa shape index (κ1) is 22.7. The van der Waals surface area contributed by atoms with Crippen LogP contribution >= 0.6 is 34.5 Å². The second-order valence-corrected chi connectivity index (χ2v) is 9.42. The summed E-state index contributed by atoms with van der Waals surface area (Å²) >= 11 is 13.5. The molecule has 8 nitrogen and oxygen atoms in total. The summed E-state index contributed by atoms with van der Waals surface area (Å²) in [6, 6.07) is 8.94. The molecule has 32 heavy (non-hydrogen) atoms. The first-order valence-corrected chi connectivity index (χ1v) is 11.7. The Morgan fingerprint density at radius 2 is 1.84 bits per heavy atom.